The quantitative estimate of drug-likeness (QED) is 0.810. The van der Waals surface area contributed by atoms with Crippen molar-refractivity contribution < 1.29 is 9.90 Å². The summed E-state index contributed by atoms with van der Waals surface area (Å²) in [5.74, 6) is 0.825. The Labute approximate surface area is 124 Å². The molecule has 1 saturated heterocycles. The molecular formula is C14H23N5O2. The van der Waals surface area contributed by atoms with Crippen molar-refractivity contribution in [1.82, 2.24) is 19.4 Å². The Morgan fingerprint density at radius 1 is 1.24 bits per heavy atom. The maximum absolute atomic E-state index is 12.6. The lowest BCUT2D eigenvalue weighted by Gasteiger charge is -2.20. The van der Waals surface area contributed by atoms with Crippen LogP contribution in [0, 0.1) is 0 Å². The smallest absolute Gasteiger partial charge is 0.274 e. The minimum absolute atomic E-state index is 0.0181. The van der Waals surface area contributed by atoms with E-state index in [4.69, 9.17) is 5.11 Å². The van der Waals surface area contributed by atoms with Crippen molar-refractivity contribution in [3.63, 3.8) is 0 Å². The minimum Gasteiger partial charge on any atom is -0.395 e. The van der Waals surface area contributed by atoms with Gasteiger partial charge < -0.3 is 19.9 Å². The number of hydrogen-bond acceptors (Lipinski definition) is 5. The van der Waals surface area contributed by atoms with Gasteiger partial charge in [-0.25, -0.2) is 4.98 Å². The number of aromatic nitrogens is 2. The van der Waals surface area contributed by atoms with E-state index in [1.54, 1.807) is 0 Å². The van der Waals surface area contributed by atoms with Crippen molar-refractivity contribution in [2.24, 2.45) is 0 Å². The zero-order chi connectivity index (χ0) is 14.7. The number of nitrogens with one attached hydrogen (secondary N) is 1. The van der Waals surface area contributed by atoms with Crippen molar-refractivity contribution in [3.05, 3.63) is 11.9 Å². The second-order valence-corrected chi connectivity index (χ2v) is 5.63. The first kappa shape index (κ1) is 14.3. The topological polar surface area (TPSA) is 73.6 Å². The summed E-state index contributed by atoms with van der Waals surface area (Å²) >= 11 is 0. The zero-order valence-electron chi connectivity index (χ0n) is 12.3. The number of imidazole rings is 1. The molecule has 2 aliphatic rings. The maximum Gasteiger partial charge on any atom is 0.274 e. The molecule has 3 rings (SSSR count). The molecule has 116 valence electrons. The summed E-state index contributed by atoms with van der Waals surface area (Å²) in [4.78, 5) is 21.1. The predicted octanol–water partition coefficient (Wildman–Crippen LogP) is -0.161. The van der Waals surface area contributed by atoms with Gasteiger partial charge >= 0.3 is 0 Å². The Kier molecular flexibility index (Phi) is 4.40. The molecule has 0 atom stereocenters. The number of aliphatic hydroxyl groups excluding tert-OH is 1. The van der Waals surface area contributed by atoms with Gasteiger partial charge in [0, 0.05) is 45.5 Å². The van der Waals surface area contributed by atoms with Crippen molar-refractivity contribution in [3.8, 4) is 0 Å². The number of β-amino-alcohol motifs (C(OH)–C–C–N with tert-alkyl or cyclic N) is 1. The molecule has 0 aromatic carbocycles. The van der Waals surface area contributed by atoms with Crippen LogP contribution < -0.4 is 5.32 Å². The first-order chi connectivity index (χ1) is 10.3. The molecule has 0 radical (unpaired) electrons. The Hall–Kier alpha value is -1.60. The number of carbonyl (C=O) groups is 1. The lowest BCUT2D eigenvalue weighted by atomic mass is 10.3. The third kappa shape index (κ3) is 3.19. The van der Waals surface area contributed by atoms with Gasteiger partial charge in [0.2, 0.25) is 5.95 Å². The number of aliphatic hydroxyl groups is 1. The molecule has 7 heteroatoms. The number of rotatable bonds is 3. The van der Waals surface area contributed by atoms with Gasteiger partial charge in [-0.2, -0.15) is 0 Å². The lowest BCUT2D eigenvalue weighted by Crippen LogP contribution is -2.36. The van der Waals surface area contributed by atoms with E-state index in [1.807, 2.05) is 15.7 Å². The molecule has 0 aliphatic carbocycles. The first-order valence-corrected chi connectivity index (χ1v) is 7.71. The van der Waals surface area contributed by atoms with Gasteiger partial charge in [0.25, 0.3) is 5.91 Å². The lowest BCUT2D eigenvalue weighted by molar-refractivity contribution is 0.0755. The highest BCUT2D eigenvalue weighted by atomic mass is 16.3. The summed E-state index contributed by atoms with van der Waals surface area (Å²) in [6, 6.07) is 0. The highest BCUT2D eigenvalue weighted by molar-refractivity contribution is 5.92. The summed E-state index contributed by atoms with van der Waals surface area (Å²) < 4.78 is 2.02. The Bertz CT molecular complexity index is 478. The number of anilines is 1. The van der Waals surface area contributed by atoms with Gasteiger partial charge in [-0.3, -0.25) is 9.69 Å². The normalized spacial score (nSPS) is 19.8. The van der Waals surface area contributed by atoms with Gasteiger partial charge in [-0.1, -0.05) is 0 Å². The standard InChI is InChI=1S/C14H23N5O2/c20-10-9-17-4-2-6-18(8-7-17)13(21)12-11-19-5-1-3-15-14(19)16-12/h11,20H,1-10H2,(H,15,16). The van der Waals surface area contributed by atoms with Gasteiger partial charge in [-0.05, 0) is 19.4 Å². The van der Waals surface area contributed by atoms with E-state index in [-0.39, 0.29) is 12.5 Å². The third-order valence-electron chi connectivity index (χ3n) is 4.15. The molecule has 0 spiro atoms. The van der Waals surface area contributed by atoms with E-state index in [2.05, 4.69) is 15.2 Å². The SMILES string of the molecule is O=C(c1cn2c(n1)NCCC2)N1CCCN(CCO)CC1. The van der Waals surface area contributed by atoms with E-state index in [9.17, 15) is 4.79 Å². The molecule has 1 aromatic rings. The Morgan fingerprint density at radius 3 is 2.95 bits per heavy atom. The molecular weight excluding hydrogens is 270 g/mol. The van der Waals surface area contributed by atoms with Gasteiger partial charge in [0.05, 0.1) is 6.61 Å². The second kappa shape index (κ2) is 6.44. The number of amides is 1. The van der Waals surface area contributed by atoms with Gasteiger partial charge in [0.1, 0.15) is 5.69 Å². The van der Waals surface area contributed by atoms with E-state index in [1.165, 1.54) is 0 Å². The van der Waals surface area contributed by atoms with Crippen molar-refractivity contribution in [1.29, 1.82) is 0 Å². The van der Waals surface area contributed by atoms with Crippen LogP contribution in [-0.4, -0.2) is 76.2 Å². The third-order valence-corrected chi connectivity index (χ3v) is 4.15. The number of carbonyl (C=O) groups excluding carboxylic acids is 1. The second-order valence-electron chi connectivity index (χ2n) is 5.63. The fourth-order valence-corrected chi connectivity index (χ4v) is 2.98. The summed E-state index contributed by atoms with van der Waals surface area (Å²) in [5, 5.41) is 12.2. The zero-order valence-corrected chi connectivity index (χ0v) is 12.3. The van der Waals surface area contributed by atoms with Crippen LogP contribution in [0.4, 0.5) is 5.95 Å². The first-order valence-electron chi connectivity index (χ1n) is 7.71. The average molecular weight is 293 g/mol. The van der Waals surface area contributed by atoms with Crippen LogP contribution in [0.25, 0.3) is 0 Å². The minimum atomic E-state index is 0.0181. The van der Waals surface area contributed by atoms with Crippen LogP contribution in [0.2, 0.25) is 0 Å². The predicted molar refractivity (Wildman–Crippen MR) is 79.4 cm³/mol. The molecule has 1 amide bonds. The fourth-order valence-electron chi connectivity index (χ4n) is 2.98. The summed E-state index contributed by atoms with van der Waals surface area (Å²) in [7, 11) is 0. The molecule has 0 unspecified atom stereocenters. The van der Waals surface area contributed by atoms with Crippen LogP contribution in [0.1, 0.15) is 23.3 Å². The fraction of sp³-hybridized carbons (Fsp3) is 0.714. The van der Waals surface area contributed by atoms with Crippen molar-refractivity contribution in [2.45, 2.75) is 19.4 Å². The molecule has 1 aromatic heterocycles. The highest BCUT2D eigenvalue weighted by Crippen LogP contribution is 2.16. The monoisotopic (exact) mass is 293 g/mol. The molecule has 0 saturated carbocycles. The highest BCUT2D eigenvalue weighted by Gasteiger charge is 2.23. The van der Waals surface area contributed by atoms with E-state index in [0.29, 0.717) is 18.8 Å². The Morgan fingerprint density at radius 2 is 2.14 bits per heavy atom. The molecule has 1 fully saturated rings. The van der Waals surface area contributed by atoms with E-state index in [0.717, 1.165) is 51.5 Å². The Balaban J connectivity index is 1.66. The number of fused-ring (bicyclic) bond motifs is 1. The number of nitrogens with zero attached hydrogens (tertiary/aromatic N) is 4. The molecule has 21 heavy (non-hydrogen) atoms. The van der Waals surface area contributed by atoms with E-state index < -0.39 is 0 Å². The maximum atomic E-state index is 12.6. The summed E-state index contributed by atoms with van der Waals surface area (Å²) in [5.41, 5.74) is 0.537. The van der Waals surface area contributed by atoms with Crippen LogP contribution >= 0.6 is 0 Å². The van der Waals surface area contributed by atoms with Gasteiger partial charge in [-0.15, -0.1) is 0 Å². The van der Waals surface area contributed by atoms with Gasteiger partial charge in [0.15, 0.2) is 0 Å². The number of aryl methyl sites for hydroxylation is 1. The van der Waals surface area contributed by atoms with Crippen LogP contribution in [0.5, 0.6) is 0 Å². The average Bonchev–Trinajstić information content (AvgIpc) is 2.80. The molecule has 3 heterocycles. The van der Waals surface area contributed by atoms with Crippen molar-refractivity contribution >= 4 is 11.9 Å². The number of hydrogen-bond donors (Lipinski definition) is 2. The van der Waals surface area contributed by atoms with Crippen LogP contribution in [-0.2, 0) is 6.54 Å². The molecule has 2 N–H and O–H groups in total. The van der Waals surface area contributed by atoms with Crippen LogP contribution in [0.15, 0.2) is 6.20 Å². The molecule has 7 nitrogen and oxygen atoms in total. The van der Waals surface area contributed by atoms with E-state index >= 15 is 0 Å². The molecule has 0 bridgehead atoms. The summed E-state index contributed by atoms with van der Waals surface area (Å²) in [6.07, 6.45) is 3.87. The molecule has 2 aliphatic heterocycles. The van der Waals surface area contributed by atoms with Crippen LogP contribution in [0.3, 0.4) is 0 Å². The largest absolute Gasteiger partial charge is 0.395 e. The summed E-state index contributed by atoms with van der Waals surface area (Å²) in [6.45, 7) is 5.92. The van der Waals surface area contributed by atoms with Crippen molar-refractivity contribution in [2.75, 3.05) is 51.2 Å².